The van der Waals surface area contributed by atoms with Gasteiger partial charge in [0.25, 0.3) is 0 Å². The Labute approximate surface area is 179 Å². The van der Waals surface area contributed by atoms with Crippen LogP contribution in [0, 0.1) is 0 Å². The largest absolute Gasteiger partial charge is 0.481 e. The zero-order chi connectivity index (χ0) is 22.0. The zero-order valence-electron chi connectivity index (χ0n) is 19.0. The Kier molecular flexibility index (Phi) is 27.9. The van der Waals surface area contributed by atoms with E-state index in [1.807, 2.05) is 0 Å². The molecule has 0 saturated carbocycles. The number of rotatable bonds is 21. The molecule has 0 aromatic heterocycles. The minimum absolute atomic E-state index is 0.0628. The fraction of sp³-hybridized carbons (Fsp3) is 0.917. The summed E-state index contributed by atoms with van der Waals surface area (Å²) in [6.45, 7) is 2.66. The minimum Gasteiger partial charge on any atom is -0.481 e. The number of aliphatic hydroxyl groups excluding tert-OH is 1. The quantitative estimate of drug-likeness (QED) is 0.176. The van der Waals surface area contributed by atoms with E-state index in [1.165, 1.54) is 96.3 Å². The first-order chi connectivity index (χ1) is 14.0. The maximum Gasteiger partial charge on any atom is 0.303 e. The predicted molar refractivity (Wildman–Crippen MR) is 120 cm³/mol. The summed E-state index contributed by atoms with van der Waals surface area (Å²) in [6, 6.07) is 0. The van der Waals surface area contributed by atoms with Gasteiger partial charge in [0.05, 0.1) is 0 Å². The Morgan fingerprint density at radius 3 is 1.00 bits per heavy atom. The molecule has 3 N–H and O–H groups in total. The lowest BCUT2D eigenvalue weighted by atomic mass is 10.0. The third kappa shape index (κ3) is 34.8. The van der Waals surface area contributed by atoms with Gasteiger partial charge in [0.2, 0.25) is 0 Å². The van der Waals surface area contributed by atoms with E-state index in [1.54, 1.807) is 0 Å². The average Bonchev–Trinajstić information content (AvgIpc) is 2.68. The van der Waals surface area contributed by atoms with Crippen LogP contribution in [0.1, 0.15) is 135 Å². The Bertz CT molecular complexity index is 312. The predicted octanol–water partition coefficient (Wildman–Crippen LogP) is 6.96. The Morgan fingerprint density at radius 1 is 0.483 bits per heavy atom. The fourth-order valence-electron chi connectivity index (χ4n) is 3.21. The molecule has 0 heterocycles. The van der Waals surface area contributed by atoms with Crippen molar-refractivity contribution in [3.05, 3.63) is 0 Å². The van der Waals surface area contributed by atoms with E-state index >= 15 is 0 Å². The van der Waals surface area contributed by atoms with Gasteiger partial charge in [-0.05, 0) is 19.3 Å². The van der Waals surface area contributed by atoms with Crippen molar-refractivity contribution in [2.75, 3.05) is 6.61 Å². The first-order valence-corrected chi connectivity index (χ1v) is 12.1. The molecule has 0 saturated heterocycles. The second-order valence-electron chi connectivity index (χ2n) is 8.02. The third-order valence-corrected chi connectivity index (χ3v) is 5.04. The maximum absolute atomic E-state index is 9.90. The van der Waals surface area contributed by atoms with E-state index in [2.05, 4.69) is 6.92 Å². The van der Waals surface area contributed by atoms with Crippen molar-refractivity contribution < 1.29 is 24.9 Å². The maximum atomic E-state index is 9.90. The van der Waals surface area contributed by atoms with Gasteiger partial charge < -0.3 is 15.3 Å². The Morgan fingerprint density at radius 2 is 0.759 bits per heavy atom. The summed E-state index contributed by atoms with van der Waals surface area (Å²) in [7, 11) is 0. The molecule has 0 radical (unpaired) electrons. The standard InChI is InChI=1S/C18H38O.C6H10O4/c1-2-3-4-5-6-7-8-9-10-11-12-13-14-15-16-17-18-19;7-5(8)3-1-2-4-6(9)10/h19H,2-18H2,1H3;1-4H2,(H,7,8)(H,9,10). The molecule has 0 unspecified atom stereocenters. The monoisotopic (exact) mass is 416 g/mol. The SMILES string of the molecule is CCCCCCCCCCCCCCCCCCO.O=C(O)CCCCC(=O)O. The van der Waals surface area contributed by atoms with E-state index in [4.69, 9.17) is 15.3 Å². The van der Waals surface area contributed by atoms with Crippen molar-refractivity contribution in [2.45, 2.75) is 135 Å². The molecule has 0 spiro atoms. The first kappa shape index (κ1) is 30.1. The zero-order valence-corrected chi connectivity index (χ0v) is 19.0. The number of carboxylic acid groups (broad SMARTS) is 2. The molecule has 0 aliphatic heterocycles. The molecule has 0 aromatic rings. The molecular weight excluding hydrogens is 368 g/mol. The van der Waals surface area contributed by atoms with Gasteiger partial charge in [0.1, 0.15) is 0 Å². The molecule has 0 amide bonds. The lowest BCUT2D eigenvalue weighted by Crippen LogP contribution is -1.97. The van der Waals surface area contributed by atoms with Gasteiger partial charge in [-0.15, -0.1) is 0 Å². The van der Waals surface area contributed by atoms with E-state index in [-0.39, 0.29) is 12.8 Å². The molecule has 5 heteroatoms. The van der Waals surface area contributed by atoms with Gasteiger partial charge >= 0.3 is 11.9 Å². The van der Waals surface area contributed by atoms with E-state index in [9.17, 15) is 9.59 Å². The van der Waals surface area contributed by atoms with Crippen molar-refractivity contribution in [1.29, 1.82) is 0 Å². The highest BCUT2D eigenvalue weighted by atomic mass is 16.4. The molecule has 0 aromatic carbocycles. The van der Waals surface area contributed by atoms with Gasteiger partial charge in [0, 0.05) is 19.4 Å². The summed E-state index contributed by atoms with van der Waals surface area (Å²) in [5.74, 6) is -1.74. The number of carbonyl (C=O) groups is 2. The highest BCUT2D eigenvalue weighted by molar-refractivity contribution is 5.67. The molecule has 0 bridgehead atoms. The summed E-state index contributed by atoms with van der Waals surface area (Å²) in [4.78, 5) is 19.8. The molecule has 0 rings (SSSR count). The van der Waals surface area contributed by atoms with Crippen LogP contribution in [-0.4, -0.2) is 33.9 Å². The van der Waals surface area contributed by atoms with Crippen molar-refractivity contribution in [3.63, 3.8) is 0 Å². The lowest BCUT2D eigenvalue weighted by Gasteiger charge is -2.03. The molecular formula is C24H48O5. The van der Waals surface area contributed by atoms with Gasteiger partial charge in [0.15, 0.2) is 0 Å². The van der Waals surface area contributed by atoms with Gasteiger partial charge in [-0.1, -0.05) is 103 Å². The molecule has 174 valence electrons. The lowest BCUT2D eigenvalue weighted by molar-refractivity contribution is -0.139. The molecule has 5 nitrogen and oxygen atoms in total. The molecule has 0 atom stereocenters. The van der Waals surface area contributed by atoms with Gasteiger partial charge in [-0.3, -0.25) is 9.59 Å². The van der Waals surface area contributed by atoms with Crippen molar-refractivity contribution in [1.82, 2.24) is 0 Å². The third-order valence-electron chi connectivity index (χ3n) is 5.04. The van der Waals surface area contributed by atoms with E-state index in [0.717, 1.165) is 6.42 Å². The van der Waals surface area contributed by atoms with Crippen LogP contribution in [0.2, 0.25) is 0 Å². The van der Waals surface area contributed by atoms with Crippen molar-refractivity contribution in [2.24, 2.45) is 0 Å². The van der Waals surface area contributed by atoms with Crippen LogP contribution >= 0.6 is 0 Å². The minimum atomic E-state index is -0.870. The summed E-state index contributed by atoms with van der Waals surface area (Å²) in [6.07, 6.45) is 23.2. The molecule has 0 aliphatic rings. The highest BCUT2D eigenvalue weighted by Crippen LogP contribution is 2.13. The number of hydrogen-bond donors (Lipinski definition) is 3. The van der Waals surface area contributed by atoms with Crippen LogP contribution in [-0.2, 0) is 9.59 Å². The number of aliphatic carboxylic acids is 2. The Hall–Kier alpha value is -1.10. The van der Waals surface area contributed by atoms with Crippen LogP contribution in [0.4, 0.5) is 0 Å². The number of hydrogen-bond acceptors (Lipinski definition) is 3. The summed E-state index contributed by atoms with van der Waals surface area (Å²) in [5.41, 5.74) is 0. The summed E-state index contributed by atoms with van der Waals surface area (Å²) < 4.78 is 0. The second kappa shape index (κ2) is 26.9. The molecule has 29 heavy (non-hydrogen) atoms. The number of carboxylic acids is 2. The van der Waals surface area contributed by atoms with Crippen LogP contribution < -0.4 is 0 Å². The summed E-state index contributed by atoms with van der Waals surface area (Å²) in [5, 5.41) is 24.9. The van der Waals surface area contributed by atoms with Crippen LogP contribution in [0.3, 0.4) is 0 Å². The normalized spacial score (nSPS) is 10.4. The van der Waals surface area contributed by atoms with Crippen LogP contribution in [0.15, 0.2) is 0 Å². The smallest absolute Gasteiger partial charge is 0.303 e. The molecule has 0 aliphatic carbocycles. The second-order valence-corrected chi connectivity index (χ2v) is 8.02. The number of unbranched alkanes of at least 4 members (excludes halogenated alkanes) is 16. The summed E-state index contributed by atoms with van der Waals surface area (Å²) >= 11 is 0. The Balaban J connectivity index is 0. The van der Waals surface area contributed by atoms with Crippen molar-refractivity contribution in [3.8, 4) is 0 Å². The van der Waals surface area contributed by atoms with E-state index in [0.29, 0.717) is 19.4 Å². The van der Waals surface area contributed by atoms with Crippen LogP contribution in [0.25, 0.3) is 0 Å². The first-order valence-electron chi connectivity index (χ1n) is 12.1. The van der Waals surface area contributed by atoms with Crippen LogP contribution in [0.5, 0.6) is 0 Å². The molecule has 0 fully saturated rings. The van der Waals surface area contributed by atoms with Gasteiger partial charge in [-0.25, -0.2) is 0 Å². The average molecular weight is 417 g/mol. The number of aliphatic hydroxyl groups is 1. The van der Waals surface area contributed by atoms with Gasteiger partial charge in [-0.2, -0.15) is 0 Å². The fourth-order valence-corrected chi connectivity index (χ4v) is 3.21. The topological polar surface area (TPSA) is 94.8 Å². The van der Waals surface area contributed by atoms with Crippen molar-refractivity contribution >= 4 is 11.9 Å². The highest BCUT2D eigenvalue weighted by Gasteiger charge is 1.99. The van der Waals surface area contributed by atoms with E-state index < -0.39 is 11.9 Å².